The molecule has 0 bridgehead atoms. The molecule has 2 nitrogen and oxygen atoms in total. The minimum absolute atomic E-state index is 0.191. The van der Waals surface area contributed by atoms with Gasteiger partial charge in [-0.1, -0.05) is 55.7 Å². The zero-order valence-corrected chi connectivity index (χ0v) is 12.3. The summed E-state index contributed by atoms with van der Waals surface area (Å²) in [6.07, 6.45) is 6.62. The van der Waals surface area contributed by atoms with Crippen molar-refractivity contribution in [2.45, 2.75) is 44.4 Å². The summed E-state index contributed by atoms with van der Waals surface area (Å²) in [6.45, 7) is 0. The maximum Gasteiger partial charge on any atom is 0.126 e. The summed E-state index contributed by atoms with van der Waals surface area (Å²) in [5.41, 5.74) is 2.77. The third-order valence-electron chi connectivity index (χ3n) is 4.56. The Morgan fingerprint density at radius 1 is 0.857 bits per heavy atom. The van der Waals surface area contributed by atoms with Gasteiger partial charge in [0.15, 0.2) is 0 Å². The molecule has 1 aliphatic rings. The first-order valence-corrected chi connectivity index (χ1v) is 7.83. The fourth-order valence-electron chi connectivity index (χ4n) is 3.36. The summed E-state index contributed by atoms with van der Waals surface area (Å²) < 4.78 is 0. The molecule has 0 aliphatic heterocycles. The van der Waals surface area contributed by atoms with Gasteiger partial charge in [-0.25, -0.2) is 0 Å². The molecule has 0 saturated heterocycles. The van der Waals surface area contributed by atoms with Gasteiger partial charge in [0.1, 0.15) is 11.5 Å². The Morgan fingerprint density at radius 2 is 1.57 bits per heavy atom. The number of hydrogen-bond acceptors (Lipinski definition) is 2. The summed E-state index contributed by atoms with van der Waals surface area (Å²) in [5.74, 6) is 0.926. The van der Waals surface area contributed by atoms with Crippen LogP contribution in [0.2, 0.25) is 0 Å². The molecule has 1 fully saturated rings. The monoisotopic (exact) mass is 282 g/mol. The van der Waals surface area contributed by atoms with E-state index in [4.69, 9.17) is 0 Å². The normalized spacial score (nSPS) is 16.0. The van der Waals surface area contributed by atoms with E-state index in [-0.39, 0.29) is 5.75 Å². The van der Waals surface area contributed by atoms with Crippen molar-refractivity contribution in [3.8, 4) is 11.5 Å². The molecule has 110 valence electrons. The van der Waals surface area contributed by atoms with Crippen LogP contribution in [0.3, 0.4) is 0 Å². The van der Waals surface area contributed by atoms with E-state index >= 15 is 0 Å². The lowest BCUT2D eigenvalue weighted by Gasteiger charge is -2.24. The van der Waals surface area contributed by atoms with Gasteiger partial charge in [-0.05, 0) is 36.0 Å². The van der Waals surface area contributed by atoms with Gasteiger partial charge in [-0.2, -0.15) is 0 Å². The zero-order chi connectivity index (χ0) is 14.7. The van der Waals surface area contributed by atoms with E-state index in [1.54, 1.807) is 6.07 Å². The van der Waals surface area contributed by atoms with Crippen LogP contribution in [0.4, 0.5) is 0 Å². The second kappa shape index (κ2) is 6.21. The summed E-state index contributed by atoms with van der Waals surface area (Å²) >= 11 is 0. The summed E-state index contributed by atoms with van der Waals surface area (Å²) in [7, 11) is 0. The Labute approximate surface area is 126 Å². The lowest BCUT2D eigenvalue weighted by atomic mass is 9.82. The SMILES string of the molecule is Oc1ccc(C2CCCCC2)c(O)c1Cc1ccccc1. The average Bonchev–Trinajstić information content (AvgIpc) is 2.53. The average molecular weight is 282 g/mol. The van der Waals surface area contributed by atoms with Crippen LogP contribution >= 0.6 is 0 Å². The lowest BCUT2D eigenvalue weighted by Crippen LogP contribution is -2.06. The van der Waals surface area contributed by atoms with Crippen molar-refractivity contribution in [2.24, 2.45) is 0 Å². The van der Waals surface area contributed by atoms with E-state index in [0.717, 1.165) is 24.0 Å². The van der Waals surface area contributed by atoms with E-state index in [0.29, 0.717) is 23.7 Å². The van der Waals surface area contributed by atoms with Crippen LogP contribution in [0.1, 0.15) is 54.7 Å². The van der Waals surface area contributed by atoms with Crippen LogP contribution in [0.15, 0.2) is 42.5 Å². The first kappa shape index (κ1) is 14.0. The molecule has 21 heavy (non-hydrogen) atoms. The molecule has 3 rings (SSSR count). The van der Waals surface area contributed by atoms with Crippen LogP contribution in [-0.2, 0) is 6.42 Å². The molecule has 2 N–H and O–H groups in total. The number of benzene rings is 2. The number of aromatic hydroxyl groups is 2. The Hall–Kier alpha value is -1.96. The Kier molecular flexibility index (Phi) is 4.14. The van der Waals surface area contributed by atoms with Crippen molar-refractivity contribution in [3.05, 3.63) is 59.2 Å². The molecule has 0 aromatic heterocycles. The standard InChI is InChI=1S/C19H22O2/c20-18-12-11-16(15-9-5-2-6-10-15)19(21)17(18)13-14-7-3-1-4-8-14/h1,3-4,7-8,11-12,15,20-21H,2,5-6,9-10,13H2. The van der Waals surface area contributed by atoms with E-state index in [1.807, 2.05) is 36.4 Å². The lowest BCUT2D eigenvalue weighted by molar-refractivity contribution is 0.404. The maximum atomic E-state index is 10.6. The molecule has 2 aromatic rings. The predicted molar refractivity (Wildman–Crippen MR) is 84.8 cm³/mol. The van der Waals surface area contributed by atoms with Gasteiger partial charge in [-0.3, -0.25) is 0 Å². The Morgan fingerprint density at radius 3 is 2.29 bits per heavy atom. The third-order valence-corrected chi connectivity index (χ3v) is 4.56. The van der Waals surface area contributed by atoms with Crippen molar-refractivity contribution in [2.75, 3.05) is 0 Å². The highest BCUT2D eigenvalue weighted by atomic mass is 16.3. The molecular weight excluding hydrogens is 260 g/mol. The molecule has 2 heteroatoms. The quantitative estimate of drug-likeness (QED) is 0.854. The van der Waals surface area contributed by atoms with Crippen LogP contribution < -0.4 is 0 Å². The van der Waals surface area contributed by atoms with Gasteiger partial charge >= 0.3 is 0 Å². The van der Waals surface area contributed by atoms with E-state index in [2.05, 4.69) is 0 Å². The first-order valence-electron chi connectivity index (χ1n) is 7.83. The van der Waals surface area contributed by atoms with E-state index in [9.17, 15) is 10.2 Å². The van der Waals surface area contributed by atoms with Crippen LogP contribution in [0, 0.1) is 0 Å². The summed E-state index contributed by atoms with van der Waals surface area (Å²) in [6, 6.07) is 13.6. The van der Waals surface area contributed by atoms with Crippen LogP contribution in [-0.4, -0.2) is 10.2 Å². The molecular formula is C19H22O2. The largest absolute Gasteiger partial charge is 0.508 e. The molecule has 1 aliphatic carbocycles. The van der Waals surface area contributed by atoms with Gasteiger partial charge in [0.2, 0.25) is 0 Å². The van der Waals surface area contributed by atoms with Crippen LogP contribution in [0.5, 0.6) is 11.5 Å². The molecule has 0 amide bonds. The first-order chi connectivity index (χ1) is 10.3. The van der Waals surface area contributed by atoms with Gasteiger partial charge in [0, 0.05) is 12.0 Å². The Balaban J connectivity index is 1.92. The number of phenols is 2. The van der Waals surface area contributed by atoms with Gasteiger partial charge < -0.3 is 10.2 Å². The van der Waals surface area contributed by atoms with Gasteiger partial charge in [0.05, 0.1) is 0 Å². The number of hydrogen-bond donors (Lipinski definition) is 2. The molecule has 1 saturated carbocycles. The van der Waals surface area contributed by atoms with Crippen LogP contribution in [0.25, 0.3) is 0 Å². The van der Waals surface area contributed by atoms with E-state index < -0.39 is 0 Å². The predicted octanol–water partition coefficient (Wildman–Crippen LogP) is 4.74. The molecule has 0 unspecified atom stereocenters. The van der Waals surface area contributed by atoms with Crippen molar-refractivity contribution < 1.29 is 10.2 Å². The molecule has 2 aromatic carbocycles. The van der Waals surface area contributed by atoms with Gasteiger partial charge in [-0.15, -0.1) is 0 Å². The van der Waals surface area contributed by atoms with Crippen molar-refractivity contribution >= 4 is 0 Å². The third kappa shape index (κ3) is 3.05. The highest BCUT2D eigenvalue weighted by Gasteiger charge is 2.21. The zero-order valence-electron chi connectivity index (χ0n) is 12.3. The highest BCUT2D eigenvalue weighted by Crippen LogP contribution is 2.41. The fourth-order valence-corrected chi connectivity index (χ4v) is 3.36. The molecule has 0 atom stereocenters. The number of rotatable bonds is 3. The fraction of sp³-hybridized carbons (Fsp3) is 0.368. The topological polar surface area (TPSA) is 40.5 Å². The smallest absolute Gasteiger partial charge is 0.126 e. The minimum Gasteiger partial charge on any atom is -0.508 e. The second-order valence-corrected chi connectivity index (χ2v) is 6.00. The summed E-state index contributed by atoms with van der Waals surface area (Å²) in [5, 5.41) is 20.7. The van der Waals surface area contributed by atoms with E-state index in [1.165, 1.54) is 19.3 Å². The van der Waals surface area contributed by atoms with Gasteiger partial charge in [0.25, 0.3) is 0 Å². The van der Waals surface area contributed by atoms with Crippen molar-refractivity contribution in [1.82, 2.24) is 0 Å². The molecule has 0 heterocycles. The van der Waals surface area contributed by atoms with Crippen molar-refractivity contribution in [1.29, 1.82) is 0 Å². The second-order valence-electron chi connectivity index (χ2n) is 6.00. The molecule has 0 spiro atoms. The Bertz CT molecular complexity index is 598. The number of phenolic OH excluding ortho intramolecular Hbond substituents is 2. The minimum atomic E-state index is 0.191. The van der Waals surface area contributed by atoms with Crippen molar-refractivity contribution in [3.63, 3.8) is 0 Å². The highest BCUT2D eigenvalue weighted by molar-refractivity contribution is 5.52. The molecule has 0 radical (unpaired) electrons. The summed E-state index contributed by atoms with van der Waals surface area (Å²) in [4.78, 5) is 0. The maximum absolute atomic E-state index is 10.6.